The Kier molecular flexibility index (Phi) is 4.57. The second kappa shape index (κ2) is 6.93. The van der Waals surface area contributed by atoms with Crippen LogP contribution in [0.15, 0.2) is 30.3 Å². The van der Waals surface area contributed by atoms with Crippen LogP contribution in [-0.2, 0) is 35.0 Å². The molecule has 0 fully saturated rings. The molecule has 0 N–H and O–H groups in total. The summed E-state index contributed by atoms with van der Waals surface area (Å²) in [4.78, 5) is 35.5. The molecule has 28 heavy (non-hydrogen) atoms. The van der Waals surface area contributed by atoms with Crippen LogP contribution in [0, 0.1) is 0 Å². The van der Waals surface area contributed by atoms with Crippen LogP contribution in [0.25, 0.3) is 10.8 Å². The van der Waals surface area contributed by atoms with Gasteiger partial charge in [0.2, 0.25) is 0 Å². The molecule has 0 saturated carbocycles. The van der Waals surface area contributed by atoms with Crippen LogP contribution in [0.2, 0.25) is 0 Å². The molecule has 2 aliphatic carbocycles. The van der Waals surface area contributed by atoms with E-state index in [-0.39, 0.29) is 11.9 Å². The molecule has 4 atom stereocenters. The average Bonchev–Trinajstić information content (AvgIpc) is 2.62. The predicted molar refractivity (Wildman–Crippen MR) is 101 cm³/mol. The molecule has 0 aliphatic heterocycles. The molecule has 6 heteroatoms. The van der Waals surface area contributed by atoms with Crippen molar-refractivity contribution in [3.05, 3.63) is 47.0 Å². The average molecular weight is 382 g/mol. The molecule has 4 rings (SSSR count). The summed E-state index contributed by atoms with van der Waals surface area (Å²) < 4.78 is 17.0. The molecular formula is C22H22O6. The molecule has 0 heterocycles. The molecule has 0 spiro atoms. The van der Waals surface area contributed by atoms with E-state index >= 15 is 0 Å². The first-order chi connectivity index (χ1) is 13.4. The normalized spacial score (nSPS) is 25.1. The van der Waals surface area contributed by atoms with Crippen molar-refractivity contribution in [3.63, 3.8) is 0 Å². The van der Waals surface area contributed by atoms with E-state index in [0.29, 0.717) is 6.42 Å². The van der Waals surface area contributed by atoms with Crippen molar-refractivity contribution < 1.29 is 28.6 Å². The molecule has 0 amide bonds. The Hall–Kier alpha value is -2.89. The number of esters is 3. The second-order valence-corrected chi connectivity index (χ2v) is 7.40. The van der Waals surface area contributed by atoms with Gasteiger partial charge in [-0.2, -0.15) is 0 Å². The molecule has 2 aromatic rings. The van der Waals surface area contributed by atoms with Crippen LogP contribution in [0.1, 0.15) is 55.9 Å². The number of ether oxygens (including phenoxy) is 3. The maximum Gasteiger partial charge on any atom is 0.303 e. The molecule has 4 unspecified atom stereocenters. The van der Waals surface area contributed by atoms with Crippen molar-refractivity contribution in [1.29, 1.82) is 0 Å². The van der Waals surface area contributed by atoms with Gasteiger partial charge in [-0.05, 0) is 34.7 Å². The van der Waals surface area contributed by atoms with Crippen molar-refractivity contribution in [2.24, 2.45) is 0 Å². The maximum absolute atomic E-state index is 11.9. The standard InChI is InChI=1S/C22H22O6/c1-11(23)26-17-10-9-15-8-7-14-5-4-6-16-18(14)19(15)20(17)22(28-13(3)25)21(16)27-12(2)24/h4-8,17,20-22H,9-10H2,1-3H3. The van der Waals surface area contributed by atoms with E-state index in [9.17, 15) is 14.4 Å². The quantitative estimate of drug-likeness (QED) is 0.598. The summed E-state index contributed by atoms with van der Waals surface area (Å²) in [5, 5.41) is 2.01. The Labute approximate surface area is 162 Å². The molecular weight excluding hydrogens is 360 g/mol. The van der Waals surface area contributed by atoms with Gasteiger partial charge >= 0.3 is 17.9 Å². The molecule has 6 nitrogen and oxygen atoms in total. The second-order valence-electron chi connectivity index (χ2n) is 7.40. The fourth-order valence-corrected chi connectivity index (χ4v) is 4.70. The van der Waals surface area contributed by atoms with Gasteiger partial charge in [-0.15, -0.1) is 0 Å². The summed E-state index contributed by atoms with van der Waals surface area (Å²) in [6.45, 7) is 4.04. The van der Waals surface area contributed by atoms with Crippen LogP contribution in [0.3, 0.4) is 0 Å². The van der Waals surface area contributed by atoms with E-state index in [2.05, 4.69) is 12.1 Å². The van der Waals surface area contributed by atoms with Gasteiger partial charge in [-0.1, -0.05) is 30.3 Å². The first-order valence-electron chi connectivity index (χ1n) is 9.43. The van der Waals surface area contributed by atoms with Crippen LogP contribution in [0.4, 0.5) is 0 Å². The van der Waals surface area contributed by atoms with E-state index in [1.165, 1.54) is 20.8 Å². The lowest BCUT2D eigenvalue weighted by atomic mass is 9.69. The van der Waals surface area contributed by atoms with Crippen molar-refractivity contribution in [2.75, 3.05) is 0 Å². The van der Waals surface area contributed by atoms with Gasteiger partial charge in [0.1, 0.15) is 6.10 Å². The highest BCUT2D eigenvalue weighted by Gasteiger charge is 2.49. The van der Waals surface area contributed by atoms with Crippen molar-refractivity contribution in [2.45, 2.75) is 57.8 Å². The number of aryl methyl sites for hydroxylation is 1. The SMILES string of the molecule is CC(=O)OC1CCc2ccc3cccc4c3c2C1C(OC(C)=O)C4OC(C)=O. The first kappa shape index (κ1) is 18.5. The van der Waals surface area contributed by atoms with Gasteiger partial charge in [-0.25, -0.2) is 0 Å². The Morgan fingerprint density at radius 1 is 0.893 bits per heavy atom. The largest absolute Gasteiger partial charge is 0.462 e. The fraction of sp³-hybridized carbons (Fsp3) is 0.409. The maximum atomic E-state index is 11.9. The highest BCUT2D eigenvalue weighted by atomic mass is 16.6. The Balaban J connectivity index is 1.98. The smallest absolute Gasteiger partial charge is 0.303 e. The minimum atomic E-state index is -0.759. The number of carbonyl (C=O) groups is 3. The predicted octanol–water partition coefficient (Wildman–Crippen LogP) is 3.35. The third kappa shape index (κ3) is 3.03. The third-order valence-corrected chi connectivity index (χ3v) is 5.51. The number of rotatable bonds is 3. The molecule has 0 radical (unpaired) electrons. The van der Waals surface area contributed by atoms with Gasteiger partial charge in [0.25, 0.3) is 0 Å². The number of hydrogen-bond acceptors (Lipinski definition) is 6. The molecule has 0 saturated heterocycles. The monoisotopic (exact) mass is 382 g/mol. The molecule has 2 aliphatic rings. The third-order valence-electron chi connectivity index (χ3n) is 5.51. The highest BCUT2D eigenvalue weighted by Crippen LogP contribution is 2.51. The summed E-state index contributed by atoms with van der Waals surface area (Å²) in [6.07, 6.45) is -0.583. The zero-order chi connectivity index (χ0) is 20.0. The highest BCUT2D eigenvalue weighted by molar-refractivity contribution is 5.92. The van der Waals surface area contributed by atoms with Gasteiger partial charge in [0.15, 0.2) is 12.2 Å². The van der Waals surface area contributed by atoms with E-state index in [1.807, 2.05) is 18.2 Å². The Morgan fingerprint density at radius 3 is 2.29 bits per heavy atom. The number of carbonyl (C=O) groups excluding carboxylic acids is 3. The van der Waals surface area contributed by atoms with Crippen LogP contribution < -0.4 is 0 Å². The van der Waals surface area contributed by atoms with E-state index in [1.54, 1.807) is 0 Å². The first-order valence-corrected chi connectivity index (χ1v) is 9.43. The zero-order valence-corrected chi connectivity index (χ0v) is 16.1. The molecule has 146 valence electrons. The summed E-state index contributed by atoms with van der Waals surface area (Å²) in [5.74, 6) is -1.70. The van der Waals surface area contributed by atoms with Gasteiger partial charge < -0.3 is 14.2 Å². The minimum Gasteiger partial charge on any atom is -0.462 e. The van der Waals surface area contributed by atoms with Crippen molar-refractivity contribution in [3.8, 4) is 0 Å². The van der Waals surface area contributed by atoms with Crippen LogP contribution in [-0.4, -0.2) is 30.1 Å². The summed E-state index contributed by atoms with van der Waals surface area (Å²) >= 11 is 0. The van der Waals surface area contributed by atoms with Crippen LogP contribution in [0.5, 0.6) is 0 Å². The molecule has 0 bridgehead atoms. The summed E-state index contributed by atoms with van der Waals surface area (Å²) in [7, 11) is 0. The number of benzene rings is 2. The molecule has 2 aromatic carbocycles. The van der Waals surface area contributed by atoms with E-state index in [4.69, 9.17) is 14.2 Å². The van der Waals surface area contributed by atoms with Crippen LogP contribution >= 0.6 is 0 Å². The van der Waals surface area contributed by atoms with Gasteiger partial charge in [0, 0.05) is 26.3 Å². The van der Waals surface area contributed by atoms with Gasteiger partial charge in [-0.3, -0.25) is 14.4 Å². The summed E-state index contributed by atoms with van der Waals surface area (Å²) in [5.41, 5.74) is 2.99. The molecule has 0 aromatic heterocycles. The zero-order valence-electron chi connectivity index (χ0n) is 16.1. The van der Waals surface area contributed by atoms with Gasteiger partial charge in [0.05, 0.1) is 5.92 Å². The Bertz CT molecular complexity index is 978. The van der Waals surface area contributed by atoms with Crippen molar-refractivity contribution >= 4 is 28.7 Å². The number of hydrogen-bond donors (Lipinski definition) is 0. The lowest BCUT2D eigenvalue weighted by molar-refractivity contribution is -0.174. The lowest BCUT2D eigenvalue weighted by Gasteiger charge is -2.44. The fourth-order valence-electron chi connectivity index (χ4n) is 4.70. The van der Waals surface area contributed by atoms with E-state index in [0.717, 1.165) is 33.9 Å². The lowest BCUT2D eigenvalue weighted by Crippen LogP contribution is -2.45. The minimum absolute atomic E-state index is 0.384. The van der Waals surface area contributed by atoms with Crippen molar-refractivity contribution in [1.82, 2.24) is 0 Å². The summed E-state index contributed by atoms with van der Waals surface area (Å²) in [6, 6.07) is 9.94. The van der Waals surface area contributed by atoms with E-state index < -0.39 is 30.3 Å². The Morgan fingerprint density at radius 2 is 1.61 bits per heavy atom. The topological polar surface area (TPSA) is 78.9 Å².